The second kappa shape index (κ2) is 4.03. The minimum absolute atomic E-state index is 0.639. The first kappa shape index (κ1) is 10.2. The van der Waals surface area contributed by atoms with Gasteiger partial charge in [-0.3, -0.25) is 4.68 Å². The van der Waals surface area contributed by atoms with Crippen LogP contribution in [0.5, 0.6) is 0 Å². The summed E-state index contributed by atoms with van der Waals surface area (Å²) in [5.74, 6) is 0.639. The molecule has 1 saturated heterocycles. The standard InChI is InChI=1S/C10H15BrN2O/c1-7-10(11)8(2)13(12-7)5-9-3-4-14-6-9/h9H,3-6H2,1-2H3. The molecular formula is C10H15BrN2O. The first-order valence-corrected chi connectivity index (χ1v) is 5.75. The molecule has 1 aliphatic heterocycles. The van der Waals surface area contributed by atoms with Crippen molar-refractivity contribution in [1.82, 2.24) is 9.78 Å². The van der Waals surface area contributed by atoms with Gasteiger partial charge in [-0.05, 0) is 36.2 Å². The molecule has 14 heavy (non-hydrogen) atoms. The maximum Gasteiger partial charge on any atom is 0.0738 e. The monoisotopic (exact) mass is 258 g/mol. The summed E-state index contributed by atoms with van der Waals surface area (Å²) in [7, 11) is 0. The number of ether oxygens (including phenoxy) is 1. The van der Waals surface area contributed by atoms with Gasteiger partial charge in [0.15, 0.2) is 0 Å². The quantitative estimate of drug-likeness (QED) is 0.814. The molecule has 78 valence electrons. The number of nitrogens with zero attached hydrogens (tertiary/aromatic N) is 2. The summed E-state index contributed by atoms with van der Waals surface area (Å²) in [4.78, 5) is 0. The second-order valence-corrected chi connectivity index (χ2v) is 4.69. The van der Waals surface area contributed by atoms with E-state index in [0.717, 1.165) is 36.3 Å². The van der Waals surface area contributed by atoms with Crippen molar-refractivity contribution in [3.63, 3.8) is 0 Å². The molecule has 1 atom stereocenters. The molecule has 0 saturated carbocycles. The third-order valence-corrected chi connectivity index (χ3v) is 3.90. The lowest BCUT2D eigenvalue weighted by molar-refractivity contribution is 0.181. The first-order valence-electron chi connectivity index (χ1n) is 4.95. The second-order valence-electron chi connectivity index (χ2n) is 3.90. The molecule has 4 heteroatoms. The van der Waals surface area contributed by atoms with Crippen LogP contribution in [0.4, 0.5) is 0 Å². The van der Waals surface area contributed by atoms with E-state index in [1.54, 1.807) is 0 Å². The van der Waals surface area contributed by atoms with E-state index in [2.05, 4.69) is 32.6 Å². The van der Waals surface area contributed by atoms with Gasteiger partial charge in [0.1, 0.15) is 0 Å². The van der Waals surface area contributed by atoms with Crippen LogP contribution in [0.2, 0.25) is 0 Å². The van der Waals surface area contributed by atoms with Gasteiger partial charge in [0.05, 0.1) is 16.8 Å². The Hall–Kier alpha value is -0.350. The van der Waals surface area contributed by atoms with E-state index in [0.29, 0.717) is 5.92 Å². The van der Waals surface area contributed by atoms with Gasteiger partial charge in [-0.25, -0.2) is 0 Å². The lowest BCUT2D eigenvalue weighted by Crippen LogP contribution is -2.13. The van der Waals surface area contributed by atoms with Gasteiger partial charge in [0, 0.05) is 24.8 Å². The van der Waals surface area contributed by atoms with Crippen molar-refractivity contribution in [2.24, 2.45) is 5.92 Å². The predicted octanol–water partition coefficient (Wildman–Crippen LogP) is 2.30. The summed E-state index contributed by atoms with van der Waals surface area (Å²) in [5.41, 5.74) is 2.29. The Morgan fingerprint density at radius 1 is 1.57 bits per heavy atom. The lowest BCUT2D eigenvalue weighted by Gasteiger charge is -2.09. The zero-order valence-corrected chi connectivity index (χ0v) is 10.2. The third kappa shape index (κ3) is 1.86. The Kier molecular flexibility index (Phi) is 2.93. The topological polar surface area (TPSA) is 27.1 Å². The highest BCUT2D eigenvalue weighted by Crippen LogP contribution is 2.22. The Bertz CT molecular complexity index is 329. The fourth-order valence-electron chi connectivity index (χ4n) is 1.82. The number of rotatable bonds is 2. The van der Waals surface area contributed by atoms with E-state index in [4.69, 9.17) is 4.74 Å². The van der Waals surface area contributed by atoms with Crippen LogP contribution >= 0.6 is 15.9 Å². The molecule has 0 aliphatic carbocycles. The molecule has 1 aliphatic rings. The van der Waals surface area contributed by atoms with Crippen LogP contribution < -0.4 is 0 Å². The third-order valence-electron chi connectivity index (χ3n) is 2.75. The van der Waals surface area contributed by atoms with Gasteiger partial charge in [-0.15, -0.1) is 0 Å². The molecule has 0 radical (unpaired) electrons. The minimum Gasteiger partial charge on any atom is -0.381 e. The van der Waals surface area contributed by atoms with E-state index >= 15 is 0 Å². The highest BCUT2D eigenvalue weighted by Gasteiger charge is 2.18. The number of hydrogen-bond acceptors (Lipinski definition) is 2. The maximum atomic E-state index is 5.35. The van der Waals surface area contributed by atoms with Gasteiger partial charge in [0.25, 0.3) is 0 Å². The Morgan fingerprint density at radius 3 is 2.86 bits per heavy atom. The van der Waals surface area contributed by atoms with E-state index < -0.39 is 0 Å². The smallest absolute Gasteiger partial charge is 0.0738 e. The van der Waals surface area contributed by atoms with Gasteiger partial charge in [-0.2, -0.15) is 5.10 Å². The number of hydrogen-bond donors (Lipinski definition) is 0. The zero-order chi connectivity index (χ0) is 10.1. The minimum atomic E-state index is 0.639. The average Bonchev–Trinajstić information content (AvgIpc) is 2.73. The SMILES string of the molecule is Cc1nn(CC2CCOC2)c(C)c1Br. The van der Waals surface area contributed by atoms with Crippen molar-refractivity contribution in [3.8, 4) is 0 Å². The fourth-order valence-corrected chi connectivity index (χ4v) is 2.11. The Labute approximate surface area is 92.6 Å². The van der Waals surface area contributed by atoms with Gasteiger partial charge < -0.3 is 4.74 Å². The fraction of sp³-hybridized carbons (Fsp3) is 0.700. The summed E-state index contributed by atoms with van der Waals surface area (Å²) in [6.45, 7) is 6.90. The Balaban J connectivity index is 2.12. The van der Waals surface area contributed by atoms with E-state index in [9.17, 15) is 0 Å². The van der Waals surface area contributed by atoms with E-state index in [-0.39, 0.29) is 0 Å². The molecule has 1 fully saturated rings. The van der Waals surface area contributed by atoms with Gasteiger partial charge in [-0.1, -0.05) is 0 Å². The van der Waals surface area contributed by atoms with Crippen molar-refractivity contribution in [1.29, 1.82) is 0 Å². The molecule has 2 heterocycles. The summed E-state index contributed by atoms with van der Waals surface area (Å²) in [6.07, 6.45) is 1.16. The predicted molar refractivity (Wildman–Crippen MR) is 58.3 cm³/mol. The summed E-state index contributed by atoms with van der Waals surface area (Å²) in [5, 5.41) is 4.49. The molecule has 0 N–H and O–H groups in total. The molecule has 1 unspecified atom stereocenters. The molecule has 3 nitrogen and oxygen atoms in total. The normalized spacial score (nSPS) is 21.8. The molecule has 2 rings (SSSR count). The van der Waals surface area contributed by atoms with E-state index in [1.807, 2.05) is 6.92 Å². The molecule has 1 aromatic rings. The lowest BCUT2D eigenvalue weighted by atomic mass is 10.1. The highest BCUT2D eigenvalue weighted by molar-refractivity contribution is 9.10. The Morgan fingerprint density at radius 2 is 2.36 bits per heavy atom. The van der Waals surface area contributed by atoms with Crippen LogP contribution in [0.1, 0.15) is 17.8 Å². The average molecular weight is 259 g/mol. The molecular weight excluding hydrogens is 244 g/mol. The van der Waals surface area contributed by atoms with Crippen molar-refractivity contribution in [2.75, 3.05) is 13.2 Å². The van der Waals surface area contributed by atoms with Crippen LogP contribution in [-0.4, -0.2) is 23.0 Å². The summed E-state index contributed by atoms with van der Waals surface area (Å²) >= 11 is 3.53. The largest absolute Gasteiger partial charge is 0.381 e. The molecule has 1 aromatic heterocycles. The van der Waals surface area contributed by atoms with Crippen molar-refractivity contribution >= 4 is 15.9 Å². The summed E-state index contributed by atoms with van der Waals surface area (Å²) in [6, 6.07) is 0. The van der Waals surface area contributed by atoms with Crippen LogP contribution in [0, 0.1) is 19.8 Å². The van der Waals surface area contributed by atoms with Gasteiger partial charge in [0.2, 0.25) is 0 Å². The number of aryl methyl sites for hydroxylation is 1. The van der Waals surface area contributed by atoms with Crippen LogP contribution in [0.25, 0.3) is 0 Å². The first-order chi connectivity index (χ1) is 6.68. The zero-order valence-electron chi connectivity index (χ0n) is 8.59. The molecule has 0 aromatic carbocycles. The maximum absolute atomic E-state index is 5.35. The van der Waals surface area contributed by atoms with Crippen molar-refractivity contribution in [3.05, 3.63) is 15.9 Å². The van der Waals surface area contributed by atoms with Crippen LogP contribution in [0.3, 0.4) is 0 Å². The highest BCUT2D eigenvalue weighted by atomic mass is 79.9. The molecule has 0 spiro atoms. The van der Waals surface area contributed by atoms with Crippen molar-refractivity contribution in [2.45, 2.75) is 26.8 Å². The molecule has 0 bridgehead atoms. The van der Waals surface area contributed by atoms with E-state index in [1.165, 1.54) is 5.69 Å². The van der Waals surface area contributed by atoms with Crippen LogP contribution in [0.15, 0.2) is 4.47 Å². The van der Waals surface area contributed by atoms with Crippen LogP contribution in [-0.2, 0) is 11.3 Å². The summed E-state index contributed by atoms with van der Waals surface area (Å²) < 4.78 is 8.57. The number of aromatic nitrogens is 2. The molecule has 0 amide bonds. The van der Waals surface area contributed by atoms with Crippen molar-refractivity contribution < 1.29 is 4.74 Å². The van der Waals surface area contributed by atoms with Gasteiger partial charge >= 0.3 is 0 Å². The number of halogens is 1.